The first-order valence-electron chi connectivity index (χ1n) is 9.16. The van der Waals surface area contributed by atoms with Gasteiger partial charge in [0.2, 0.25) is 0 Å². The number of aromatic nitrogens is 4. The summed E-state index contributed by atoms with van der Waals surface area (Å²) in [5.41, 5.74) is -0.811. The molecule has 3 fully saturated rings. The first-order chi connectivity index (χ1) is 12.0. The van der Waals surface area contributed by atoms with Crippen molar-refractivity contribution in [3.63, 3.8) is 0 Å². The number of nitrogens with one attached hydrogen (secondary N) is 1. The molecule has 3 amide bonds. The average molecular weight is 347 g/mol. The highest BCUT2D eigenvalue weighted by Gasteiger charge is 2.52. The minimum Gasteiger partial charge on any atom is -0.323 e. The van der Waals surface area contributed by atoms with Crippen LogP contribution in [0.25, 0.3) is 0 Å². The molecule has 25 heavy (non-hydrogen) atoms. The summed E-state index contributed by atoms with van der Waals surface area (Å²) in [5.74, 6) is 0.888. The summed E-state index contributed by atoms with van der Waals surface area (Å²) in [6.45, 7) is 6.52. The van der Waals surface area contributed by atoms with Gasteiger partial charge in [0.15, 0.2) is 5.82 Å². The predicted octanol–water partition coefficient (Wildman–Crippen LogP) is 0.550. The van der Waals surface area contributed by atoms with E-state index in [2.05, 4.69) is 25.7 Å². The van der Waals surface area contributed by atoms with Gasteiger partial charge in [-0.15, -0.1) is 5.10 Å². The van der Waals surface area contributed by atoms with Crippen molar-refractivity contribution in [1.29, 1.82) is 0 Å². The van der Waals surface area contributed by atoms with E-state index in [-0.39, 0.29) is 17.9 Å². The number of urea groups is 1. The number of likely N-dealkylation sites (N-methyl/N-ethyl adjacent to an activating group) is 1. The van der Waals surface area contributed by atoms with Crippen LogP contribution in [-0.2, 0) is 11.3 Å². The quantitative estimate of drug-likeness (QED) is 0.782. The number of amides is 3. The van der Waals surface area contributed by atoms with E-state index in [9.17, 15) is 9.59 Å². The molecule has 3 heterocycles. The van der Waals surface area contributed by atoms with E-state index in [1.165, 1.54) is 4.90 Å². The second kappa shape index (κ2) is 6.05. The van der Waals surface area contributed by atoms with Gasteiger partial charge in [0.25, 0.3) is 5.91 Å². The summed E-state index contributed by atoms with van der Waals surface area (Å²) < 4.78 is 1.94. The largest absolute Gasteiger partial charge is 0.325 e. The van der Waals surface area contributed by atoms with E-state index in [1.807, 2.05) is 18.5 Å². The molecule has 9 heteroatoms. The van der Waals surface area contributed by atoms with Crippen LogP contribution in [0.1, 0.15) is 51.4 Å². The van der Waals surface area contributed by atoms with Crippen molar-refractivity contribution in [2.24, 2.45) is 5.92 Å². The van der Waals surface area contributed by atoms with Gasteiger partial charge in [-0.25, -0.2) is 9.48 Å². The Bertz CT molecular complexity index is 686. The average Bonchev–Trinajstić information content (AvgIpc) is 3.29. The maximum atomic E-state index is 12.7. The van der Waals surface area contributed by atoms with Crippen LogP contribution in [0, 0.1) is 5.92 Å². The van der Waals surface area contributed by atoms with Crippen molar-refractivity contribution < 1.29 is 9.59 Å². The molecule has 1 aromatic rings. The maximum absolute atomic E-state index is 12.7. The van der Waals surface area contributed by atoms with Crippen LogP contribution in [0.4, 0.5) is 4.79 Å². The Balaban J connectivity index is 1.46. The molecule has 4 rings (SSSR count). The molecule has 1 aliphatic carbocycles. The Kier molecular flexibility index (Phi) is 3.98. The molecule has 1 saturated carbocycles. The lowest BCUT2D eigenvalue weighted by molar-refractivity contribution is -0.133. The molecule has 2 saturated heterocycles. The van der Waals surface area contributed by atoms with Crippen LogP contribution in [-0.4, -0.2) is 67.1 Å². The number of hydrogen-bond acceptors (Lipinski definition) is 6. The number of carbonyl (C=O) groups excluding carboxylic acids is 2. The fourth-order valence-electron chi connectivity index (χ4n) is 4.07. The van der Waals surface area contributed by atoms with E-state index >= 15 is 0 Å². The fraction of sp³-hybridized carbons (Fsp3) is 0.812. The number of imide groups is 1. The van der Waals surface area contributed by atoms with Crippen LogP contribution in [0.3, 0.4) is 0 Å². The van der Waals surface area contributed by atoms with E-state index in [4.69, 9.17) is 0 Å². The molecule has 0 unspecified atom stereocenters. The number of tetrazole rings is 1. The zero-order chi connectivity index (χ0) is 17.6. The molecule has 2 atom stereocenters. The maximum Gasteiger partial charge on any atom is 0.325 e. The van der Waals surface area contributed by atoms with Gasteiger partial charge < -0.3 is 5.32 Å². The highest BCUT2D eigenvalue weighted by atomic mass is 16.2. The van der Waals surface area contributed by atoms with E-state index in [0.29, 0.717) is 19.1 Å². The van der Waals surface area contributed by atoms with Crippen molar-refractivity contribution >= 4 is 11.9 Å². The molecule has 0 spiro atoms. The molecule has 0 radical (unpaired) electrons. The van der Waals surface area contributed by atoms with Gasteiger partial charge in [0, 0.05) is 19.0 Å². The molecule has 1 aromatic heterocycles. The minimum atomic E-state index is -0.811. The molecule has 3 aliphatic rings. The molecular weight excluding hydrogens is 322 g/mol. The van der Waals surface area contributed by atoms with Gasteiger partial charge in [-0.1, -0.05) is 0 Å². The zero-order valence-electron chi connectivity index (χ0n) is 14.8. The van der Waals surface area contributed by atoms with Crippen molar-refractivity contribution in [3.8, 4) is 0 Å². The summed E-state index contributed by atoms with van der Waals surface area (Å²) in [6.07, 6.45) is 4.23. The first-order valence-corrected chi connectivity index (χ1v) is 9.16. The first kappa shape index (κ1) is 16.4. The summed E-state index contributed by atoms with van der Waals surface area (Å²) in [6, 6.07) is 0.182. The number of likely N-dealkylation sites (tertiary alicyclic amines) is 1. The molecule has 0 aromatic carbocycles. The normalized spacial score (nSPS) is 30.8. The molecule has 1 N–H and O–H groups in total. The number of rotatable bonds is 5. The summed E-state index contributed by atoms with van der Waals surface area (Å²) in [7, 11) is 0. The topological polar surface area (TPSA) is 96.2 Å². The summed E-state index contributed by atoms with van der Waals surface area (Å²) in [4.78, 5) is 28.4. The van der Waals surface area contributed by atoms with E-state index < -0.39 is 5.54 Å². The highest BCUT2D eigenvalue weighted by molar-refractivity contribution is 6.07. The van der Waals surface area contributed by atoms with E-state index in [0.717, 1.165) is 44.6 Å². The molecule has 9 nitrogen and oxygen atoms in total. The number of hydrogen-bond donors (Lipinski definition) is 1. The standard InChI is InChI=1S/C16H25N7O2/c1-3-22-14(24)16(2,17-15(22)25)11-5-4-8-21(9-11)10-13-18-19-20-23(13)12-6-7-12/h11-12H,3-10H2,1-2H3,(H,17,25)/t11-,16+/m0/s1. The molecular formula is C16H25N7O2. The predicted molar refractivity (Wildman–Crippen MR) is 88.4 cm³/mol. The molecule has 2 aliphatic heterocycles. The smallest absolute Gasteiger partial charge is 0.323 e. The van der Waals surface area contributed by atoms with E-state index in [1.54, 1.807) is 0 Å². The Morgan fingerprint density at radius 2 is 2.08 bits per heavy atom. The Morgan fingerprint density at radius 3 is 2.76 bits per heavy atom. The second-order valence-electron chi connectivity index (χ2n) is 7.53. The van der Waals surface area contributed by atoms with Gasteiger partial charge in [-0.3, -0.25) is 14.6 Å². The zero-order valence-corrected chi connectivity index (χ0v) is 14.8. The van der Waals surface area contributed by atoms with Crippen LogP contribution in [0.15, 0.2) is 0 Å². The lowest BCUT2D eigenvalue weighted by Gasteiger charge is -2.39. The van der Waals surface area contributed by atoms with Gasteiger partial charge >= 0.3 is 6.03 Å². The Morgan fingerprint density at radius 1 is 1.28 bits per heavy atom. The number of carbonyl (C=O) groups is 2. The number of nitrogens with zero attached hydrogens (tertiary/aromatic N) is 6. The van der Waals surface area contributed by atoms with Gasteiger partial charge in [-0.05, 0) is 56.5 Å². The van der Waals surface area contributed by atoms with Gasteiger partial charge in [0.05, 0.1) is 12.6 Å². The molecule has 0 bridgehead atoms. The van der Waals surface area contributed by atoms with Gasteiger partial charge in [-0.2, -0.15) is 0 Å². The van der Waals surface area contributed by atoms with Gasteiger partial charge in [0.1, 0.15) is 5.54 Å². The lowest BCUT2D eigenvalue weighted by atomic mass is 9.80. The van der Waals surface area contributed by atoms with Crippen molar-refractivity contribution in [2.45, 2.75) is 57.7 Å². The minimum absolute atomic E-state index is 0.0968. The second-order valence-corrected chi connectivity index (χ2v) is 7.53. The summed E-state index contributed by atoms with van der Waals surface area (Å²) >= 11 is 0. The number of piperidine rings is 1. The fourth-order valence-corrected chi connectivity index (χ4v) is 4.07. The van der Waals surface area contributed by atoms with Crippen LogP contribution >= 0.6 is 0 Å². The lowest BCUT2D eigenvalue weighted by Crippen LogP contribution is -2.55. The Hall–Kier alpha value is -2.03. The third kappa shape index (κ3) is 2.80. The molecule has 136 valence electrons. The van der Waals surface area contributed by atoms with Crippen molar-refractivity contribution in [2.75, 3.05) is 19.6 Å². The third-order valence-electron chi connectivity index (χ3n) is 5.76. The van der Waals surface area contributed by atoms with Crippen molar-refractivity contribution in [3.05, 3.63) is 5.82 Å². The highest BCUT2D eigenvalue weighted by Crippen LogP contribution is 2.35. The Labute approximate surface area is 146 Å². The SMILES string of the molecule is CCN1C(=O)N[C@](C)([C@H]2CCCN(Cc3nnnn3C3CC3)C2)C1=O. The van der Waals surface area contributed by atoms with Crippen LogP contribution in [0.5, 0.6) is 0 Å². The van der Waals surface area contributed by atoms with Crippen molar-refractivity contribution in [1.82, 2.24) is 35.3 Å². The van der Waals surface area contributed by atoms with Crippen LogP contribution in [0.2, 0.25) is 0 Å². The third-order valence-corrected chi connectivity index (χ3v) is 5.76. The summed E-state index contributed by atoms with van der Waals surface area (Å²) in [5, 5.41) is 15.0. The van der Waals surface area contributed by atoms with Crippen LogP contribution < -0.4 is 5.32 Å². The monoisotopic (exact) mass is 347 g/mol.